The minimum Gasteiger partial charge on any atom is -0.477 e. The van der Waals surface area contributed by atoms with E-state index in [0.717, 1.165) is 9.13 Å². The Morgan fingerprint density at radius 2 is 2.42 bits per heavy atom. The van der Waals surface area contributed by atoms with E-state index in [1.807, 2.05) is 13.0 Å². The number of halogens is 2. The fourth-order valence-corrected chi connectivity index (χ4v) is 1.62. The topological polar surface area (TPSA) is 22.1 Å². The number of ether oxygens (including phenoxy) is 1. The zero-order chi connectivity index (χ0) is 8.97. The summed E-state index contributed by atoms with van der Waals surface area (Å²) in [5.74, 6) is 1.18. The smallest absolute Gasteiger partial charge is 0.227 e. The monoisotopic (exact) mass is 297 g/mol. The summed E-state index contributed by atoms with van der Waals surface area (Å²) in [6.07, 6.45) is 1.74. The van der Waals surface area contributed by atoms with Crippen molar-refractivity contribution < 1.29 is 4.74 Å². The first-order valence-corrected chi connectivity index (χ1v) is 5.22. The van der Waals surface area contributed by atoms with Crippen LogP contribution in [-0.2, 0) is 5.88 Å². The lowest BCUT2D eigenvalue weighted by Gasteiger charge is -2.04. The highest BCUT2D eigenvalue weighted by atomic mass is 127. The van der Waals surface area contributed by atoms with Crippen LogP contribution in [0.3, 0.4) is 0 Å². The van der Waals surface area contributed by atoms with Gasteiger partial charge in [-0.3, -0.25) is 0 Å². The first-order chi connectivity index (χ1) is 5.77. The molecule has 4 heteroatoms. The molecule has 12 heavy (non-hydrogen) atoms. The van der Waals surface area contributed by atoms with Crippen molar-refractivity contribution in [3.05, 3.63) is 21.4 Å². The number of alkyl halides is 1. The van der Waals surface area contributed by atoms with Crippen molar-refractivity contribution in [1.82, 2.24) is 4.98 Å². The van der Waals surface area contributed by atoms with Gasteiger partial charge >= 0.3 is 0 Å². The van der Waals surface area contributed by atoms with Crippen LogP contribution >= 0.6 is 34.2 Å². The molecule has 66 valence electrons. The molecule has 0 saturated heterocycles. The number of hydrogen-bond acceptors (Lipinski definition) is 2. The van der Waals surface area contributed by atoms with Crippen LogP contribution in [0.25, 0.3) is 0 Å². The number of rotatable bonds is 3. The average Bonchev–Trinajstić information content (AvgIpc) is 2.09. The zero-order valence-corrected chi connectivity index (χ0v) is 9.59. The summed E-state index contributed by atoms with van der Waals surface area (Å²) in [5, 5.41) is 0. The summed E-state index contributed by atoms with van der Waals surface area (Å²) in [5.41, 5.74) is 1.02. The highest BCUT2D eigenvalue weighted by Crippen LogP contribution is 2.19. The summed E-state index contributed by atoms with van der Waals surface area (Å²) in [6, 6.07) is 1.98. The van der Waals surface area contributed by atoms with Crippen LogP contribution < -0.4 is 4.74 Å². The van der Waals surface area contributed by atoms with E-state index in [2.05, 4.69) is 27.6 Å². The molecule has 0 bridgehead atoms. The summed E-state index contributed by atoms with van der Waals surface area (Å²) < 4.78 is 6.28. The molecule has 0 N–H and O–H groups in total. The Balaban J connectivity index is 2.87. The highest BCUT2D eigenvalue weighted by Gasteiger charge is 2.02. The first-order valence-electron chi connectivity index (χ1n) is 3.61. The van der Waals surface area contributed by atoms with Crippen molar-refractivity contribution in [2.24, 2.45) is 0 Å². The second-order valence-corrected chi connectivity index (χ2v) is 3.63. The van der Waals surface area contributed by atoms with E-state index < -0.39 is 0 Å². The Bertz CT molecular complexity index is 267. The SMILES string of the molecule is CCOc1ncc(CCl)cc1I. The Morgan fingerprint density at radius 3 is 2.92 bits per heavy atom. The number of nitrogens with zero attached hydrogens (tertiary/aromatic N) is 1. The van der Waals surface area contributed by atoms with Crippen LogP contribution in [0.1, 0.15) is 12.5 Å². The van der Waals surface area contributed by atoms with Crippen molar-refractivity contribution in [3.8, 4) is 5.88 Å². The molecule has 1 heterocycles. The van der Waals surface area contributed by atoms with Gasteiger partial charge in [-0.15, -0.1) is 11.6 Å². The van der Waals surface area contributed by atoms with Gasteiger partial charge in [-0.1, -0.05) is 0 Å². The van der Waals surface area contributed by atoms with Crippen molar-refractivity contribution in [3.63, 3.8) is 0 Å². The fourth-order valence-electron chi connectivity index (χ4n) is 0.781. The van der Waals surface area contributed by atoms with Crippen LogP contribution in [0.4, 0.5) is 0 Å². The van der Waals surface area contributed by atoms with Gasteiger partial charge in [-0.05, 0) is 41.1 Å². The third-order valence-electron chi connectivity index (χ3n) is 1.30. The van der Waals surface area contributed by atoms with Crippen LogP contribution in [0.5, 0.6) is 5.88 Å². The Labute approximate surface area is 90.4 Å². The number of hydrogen-bond donors (Lipinski definition) is 0. The molecule has 0 aliphatic rings. The standard InChI is InChI=1S/C8H9ClINO/c1-2-12-8-7(10)3-6(4-9)5-11-8/h3,5H,2,4H2,1H3. The van der Waals surface area contributed by atoms with Crippen LogP contribution in [-0.4, -0.2) is 11.6 Å². The molecule has 1 aromatic heterocycles. The Hall–Kier alpha value is -0.0300. The maximum atomic E-state index is 5.64. The maximum Gasteiger partial charge on any atom is 0.227 e. The van der Waals surface area contributed by atoms with E-state index in [1.165, 1.54) is 0 Å². The lowest BCUT2D eigenvalue weighted by molar-refractivity contribution is 0.324. The highest BCUT2D eigenvalue weighted by molar-refractivity contribution is 14.1. The first kappa shape index (κ1) is 10.1. The minimum atomic E-state index is 0.495. The predicted molar refractivity (Wildman–Crippen MR) is 57.7 cm³/mol. The lowest BCUT2D eigenvalue weighted by atomic mass is 10.3. The van der Waals surface area contributed by atoms with Gasteiger partial charge in [-0.2, -0.15) is 0 Å². The molecular formula is C8H9ClINO. The van der Waals surface area contributed by atoms with Gasteiger partial charge in [0.2, 0.25) is 5.88 Å². The second-order valence-electron chi connectivity index (χ2n) is 2.20. The number of aromatic nitrogens is 1. The van der Waals surface area contributed by atoms with Crippen molar-refractivity contribution in [1.29, 1.82) is 0 Å². The molecule has 0 saturated carbocycles. The minimum absolute atomic E-state index is 0.495. The molecule has 0 aliphatic carbocycles. The van der Waals surface area contributed by atoms with E-state index in [1.54, 1.807) is 6.20 Å². The van der Waals surface area contributed by atoms with Gasteiger partial charge in [0.1, 0.15) is 0 Å². The van der Waals surface area contributed by atoms with E-state index in [4.69, 9.17) is 16.3 Å². The molecule has 0 fully saturated rings. The van der Waals surface area contributed by atoms with Gasteiger partial charge in [-0.25, -0.2) is 4.98 Å². The van der Waals surface area contributed by atoms with Crippen molar-refractivity contribution in [2.45, 2.75) is 12.8 Å². The molecule has 0 atom stereocenters. The molecule has 0 aromatic carbocycles. The third kappa shape index (κ3) is 2.48. The van der Waals surface area contributed by atoms with E-state index >= 15 is 0 Å². The van der Waals surface area contributed by atoms with Crippen LogP contribution in [0.15, 0.2) is 12.3 Å². The summed E-state index contributed by atoms with van der Waals surface area (Å²) in [7, 11) is 0. The summed E-state index contributed by atoms with van der Waals surface area (Å²) >= 11 is 7.83. The number of pyridine rings is 1. The molecule has 0 amide bonds. The summed E-state index contributed by atoms with van der Waals surface area (Å²) in [6.45, 7) is 2.58. The Kier molecular flexibility index (Phi) is 4.08. The molecule has 0 unspecified atom stereocenters. The van der Waals surface area contributed by atoms with Gasteiger partial charge in [0.25, 0.3) is 0 Å². The van der Waals surface area contributed by atoms with Crippen molar-refractivity contribution >= 4 is 34.2 Å². The van der Waals surface area contributed by atoms with Gasteiger partial charge < -0.3 is 4.74 Å². The van der Waals surface area contributed by atoms with E-state index in [-0.39, 0.29) is 0 Å². The molecule has 0 radical (unpaired) electrons. The van der Waals surface area contributed by atoms with Gasteiger partial charge in [0.15, 0.2) is 0 Å². The lowest BCUT2D eigenvalue weighted by Crippen LogP contribution is -1.97. The molecule has 2 nitrogen and oxygen atoms in total. The van der Waals surface area contributed by atoms with Crippen LogP contribution in [0.2, 0.25) is 0 Å². The fraction of sp³-hybridized carbons (Fsp3) is 0.375. The molecular weight excluding hydrogens is 288 g/mol. The van der Waals surface area contributed by atoms with E-state index in [9.17, 15) is 0 Å². The largest absolute Gasteiger partial charge is 0.477 e. The molecule has 0 spiro atoms. The summed E-state index contributed by atoms with van der Waals surface area (Å²) in [4.78, 5) is 4.12. The maximum absolute atomic E-state index is 5.64. The average molecular weight is 298 g/mol. The Morgan fingerprint density at radius 1 is 1.67 bits per heavy atom. The normalized spacial score (nSPS) is 9.92. The van der Waals surface area contributed by atoms with Crippen molar-refractivity contribution in [2.75, 3.05) is 6.61 Å². The quantitative estimate of drug-likeness (QED) is 0.632. The van der Waals surface area contributed by atoms with E-state index in [0.29, 0.717) is 18.4 Å². The zero-order valence-electron chi connectivity index (χ0n) is 6.68. The van der Waals surface area contributed by atoms with Crippen LogP contribution in [0, 0.1) is 3.57 Å². The molecule has 0 aliphatic heterocycles. The third-order valence-corrected chi connectivity index (χ3v) is 2.38. The second kappa shape index (κ2) is 4.87. The van der Waals surface area contributed by atoms with Gasteiger partial charge in [0.05, 0.1) is 10.2 Å². The predicted octanol–water partition coefficient (Wildman–Crippen LogP) is 2.82. The molecule has 1 aromatic rings. The molecule has 1 rings (SSSR count). The van der Waals surface area contributed by atoms with Gasteiger partial charge in [0, 0.05) is 12.1 Å².